The van der Waals surface area contributed by atoms with Gasteiger partial charge in [0, 0.05) is 12.1 Å². The van der Waals surface area contributed by atoms with Crippen molar-refractivity contribution in [1.82, 2.24) is 14.8 Å². The molecule has 138 valence electrons. The second kappa shape index (κ2) is 5.98. The van der Waals surface area contributed by atoms with Crippen molar-refractivity contribution in [2.75, 3.05) is 7.11 Å². The molecule has 1 aromatic rings. The number of methoxy groups -OCH3 is 1. The molecule has 1 aromatic heterocycles. The predicted octanol–water partition coefficient (Wildman–Crippen LogP) is 1.22. The second-order valence-corrected chi connectivity index (χ2v) is 5.41. The largest absolute Gasteiger partial charge is 0.475 e. The molecule has 0 fully saturated rings. The summed E-state index contributed by atoms with van der Waals surface area (Å²) in [6, 6.07) is -1.41. The van der Waals surface area contributed by atoms with Crippen molar-refractivity contribution >= 4 is 17.3 Å². The Labute approximate surface area is 138 Å². The van der Waals surface area contributed by atoms with Crippen LogP contribution in [0.4, 0.5) is 18.9 Å². The number of nitro groups is 1. The lowest BCUT2D eigenvalue weighted by atomic mass is 10.1. The fraction of sp³-hybridized carbons (Fsp3) is 0.583. The first-order valence-electron chi connectivity index (χ1n) is 6.87. The molecule has 1 amide bonds. The van der Waals surface area contributed by atoms with Gasteiger partial charge in [-0.1, -0.05) is 0 Å². The van der Waals surface area contributed by atoms with Gasteiger partial charge in [-0.05, 0) is 13.8 Å². The third kappa shape index (κ3) is 3.01. The molecule has 2 atom stereocenters. The van der Waals surface area contributed by atoms with E-state index in [1.54, 1.807) is 0 Å². The smallest absolute Gasteiger partial charge is 0.438 e. The Morgan fingerprint density at radius 1 is 1.56 bits per heavy atom. The van der Waals surface area contributed by atoms with Crippen molar-refractivity contribution in [3.8, 4) is 5.88 Å². The molecule has 25 heavy (non-hydrogen) atoms. The maximum Gasteiger partial charge on any atom is 0.438 e. The number of amides is 1. The highest BCUT2D eigenvalue weighted by atomic mass is 19.4. The van der Waals surface area contributed by atoms with Crippen LogP contribution in [0.3, 0.4) is 0 Å². The quantitative estimate of drug-likeness (QED) is 0.632. The molecule has 0 aromatic carbocycles. The summed E-state index contributed by atoms with van der Waals surface area (Å²) in [5, 5.41) is 27.9. The van der Waals surface area contributed by atoms with Gasteiger partial charge < -0.3 is 9.84 Å². The third-order valence-electron chi connectivity index (χ3n) is 3.61. The maximum absolute atomic E-state index is 13.2. The SMILES string of the molecule is COc1nn([C@@H](C)C(=O)N2N=C(C)C[C@@]2(O)C(F)(F)F)cc1[N+](=O)[O-]. The van der Waals surface area contributed by atoms with Gasteiger partial charge in [0.25, 0.3) is 11.6 Å². The third-order valence-corrected chi connectivity index (χ3v) is 3.61. The number of hydrogen-bond acceptors (Lipinski definition) is 7. The molecule has 1 N–H and O–H groups in total. The zero-order valence-corrected chi connectivity index (χ0v) is 13.3. The highest BCUT2D eigenvalue weighted by molar-refractivity contribution is 5.90. The van der Waals surface area contributed by atoms with E-state index in [9.17, 15) is 33.2 Å². The number of rotatable bonds is 4. The molecule has 1 aliphatic heterocycles. The summed E-state index contributed by atoms with van der Waals surface area (Å²) in [4.78, 5) is 22.5. The molecule has 0 aliphatic carbocycles. The number of hydrogen-bond donors (Lipinski definition) is 1. The van der Waals surface area contributed by atoms with Crippen LogP contribution in [-0.4, -0.2) is 55.4 Å². The Morgan fingerprint density at radius 3 is 2.60 bits per heavy atom. The lowest BCUT2D eigenvalue weighted by Gasteiger charge is -2.33. The van der Waals surface area contributed by atoms with E-state index >= 15 is 0 Å². The Balaban J connectivity index is 2.38. The van der Waals surface area contributed by atoms with Crippen LogP contribution >= 0.6 is 0 Å². The first-order chi connectivity index (χ1) is 11.4. The number of carbonyl (C=O) groups excluding carboxylic acids is 1. The summed E-state index contributed by atoms with van der Waals surface area (Å²) in [6.45, 7) is 2.40. The van der Waals surface area contributed by atoms with E-state index < -0.39 is 46.8 Å². The number of aromatic nitrogens is 2. The second-order valence-electron chi connectivity index (χ2n) is 5.41. The van der Waals surface area contributed by atoms with E-state index in [2.05, 4.69) is 10.2 Å². The van der Waals surface area contributed by atoms with E-state index in [-0.39, 0.29) is 10.7 Å². The first-order valence-corrected chi connectivity index (χ1v) is 6.87. The van der Waals surface area contributed by atoms with Gasteiger partial charge in [0.2, 0.25) is 0 Å². The first kappa shape index (κ1) is 18.6. The summed E-state index contributed by atoms with van der Waals surface area (Å²) in [7, 11) is 1.11. The zero-order valence-electron chi connectivity index (χ0n) is 13.3. The van der Waals surface area contributed by atoms with Crippen LogP contribution in [0, 0.1) is 10.1 Å². The molecular weight excluding hydrogens is 351 g/mol. The molecule has 0 radical (unpaired) electrons. The van der Waals surface area contributed by atoms with E-state index in [0.717, 1.165) is 18.0 Å². The maximum atomic E-state index is 13.2. The van der Waals surface area contributed by atoms with E-state index in [1.165, 1.54) is 13.8 Å². The number of alkyl halides is 3. The molecule has 13 heteroatoms. The summed E-state index contributed by atoms with van der Waals surface area (Å²) in [6.07, 6.45) is -5.18. The summed E-state index contributed by atoms with van der Waals surface area (Å²) in [5.41, 5.74) is -4.13. The summed E-state index contributed by atoms with van der Waals surface area (Å²) >= 11 is 0. The molecule has 2 rings (SSSR count). The fourth-order valence-electron chi connectivity index (χ4n) is 2.30. The van der Waals surface area contributed by atoms with Crippen LogP contribution in [0.5, 0.6) is 5.88 Å². The molecule has 0 unspecified atom stereocenters. The predicted molar refractivity (Wildman–Crippen MR) is 75.7 cm³/mol. The highest BCUT2D eigenvalue weighted by Gasteiger charge is 2.63. The van der Waals surface area contributed by atoms with Gasteiger partial charge in [0.1, 0.15) is 12.2 Å². The van der Waals surface area contributed by atoms with E-state index in [1.807, 2.05) is 0 Å². The lowest BCUT2D eigenvalue weighted by Crippen LogP contribution is -2.57. The van der Waals surface area contributed by atoms with Gasteiger partial charge in [0.05, 0.1) is 12.0 Å². The average molecular weight is 365 g/mol. The number of ether oxygens (including phenoxy) is 1. The minimum Gasteiger partial charge on any atom is -0.475 e. The molecule has 0 bridgehead atoms. The van der Waals surface area contributed by atoms with Crippen molar-refractivity contribution in [2.45, 2.75) is 38.2 Å². The van der Waals surface area contributed by atoms with Gasteiger partial charge in [-0.3, -0.25) is 14.9 Å². The van der Waals surface area contributed by atoms with E-state index in [0.29, 0.717) is 0 Å². The van der Waals surface area contributed by atoms with Crippen molar-refractivity contribution in [3.05, 3.63) is 16.3 Å². The molecule has 0 saturated heterocycles. The number of nitrogens with zero attached hydrogens (tertiary/aromatic N) is 5. The number of hydrazone groups is 1. The summed E-state index contributed by atoms with van der Waals surface area (Å²) in [5.74, 6) is -1.64. The van der Waals surface area contributed by atoms with Gasteiger partial charge in [-0.2, -0.15) is 23.3 Å². The van der Waals surface area contributed by atoms with Crippen LogP contribution < -0.4 is 4.74 Å². The molecule has 0 spiro atoms. The minimum absolute atomic E-state index is 0.0625. The molecule has 10 nitrogen and oxygen atoms in total. The van der Waals surface area contributed by atoms with Crippen LogP contribution in [0.15, 0.2) is 11.3 Å². The molecule has 0 saturated carbocycles. The standard InChI is InChI=1S/C12H14F3N5O5/c1-6-4-11(22,12(13,14)15)19(16-6)10(21)7(2)18-5-8(20(23)24)9(17-18)25-3/h5,7,22H,4H2,1-3H3/t7-,11+/m0/s1. The normalized spacial score (nSPS) is 21.9. The molecular formula is C12H14F3N5O5. The van der Waals surface area contributed by atoms with Gasteiger partial charge in [0.15, 0.2) is 0 Å². The van der Waals surface area contributed by atoms with Crippen LogP contribution in [0.2, 0.25) is 0 Å². The van der Waals surface area contributed by atoms with Crippen molar-refractivity contribution < 1.29 is 32.7 Å². The Hall–Kier alpha value is -2.70. The van der Waals surface area contributed by atoms with Gasteiger partial charge >= 0.3 is 17.7 Å². The van der Waals surface area contributed by atoms with Crippen LogP contribution in [-0.2, 0) is 4.79 Å². The fourth-order valence-corrected chi connectivity index (χ4v) is 2.30. The average Bonchev–Trinajstić information content (AvgIpc) is 3.06. The number of halogens is 3. The summed E-state index contributed by atoms with van der Waals surface area (Å²) < 4.78 is 45.0. The van der Waals surface area contributed by atoms with Crippen molar-refractivity contribution in [2.24, 2.45) is 5.10 Å². The van der Waals surface area contributed by atoms with Gasteiger partial charge in [-0.15, -0.1) is 5.10 Å². The molecule has 1 aliphatic rings. The zero-order chi connectivity index (χ0) is 19.2. The Morgan fingerprint density at radius 2 is 2.16 bits per heavy atom. The Kier molecular flexibility index (Phi) is 4.46. The van der Waals surface area contributed by atoms with Crippen LogP contribution in [0.25, 0.3) is 0 Å². The lowest BCUT2D eigenvalue weighted by molar-refractivity contribution is -0.385. The minimum atomic E-state index is -5.14. The van der Waals surface area contributed by atoms with Crippen molar-refractivity contribution in [3.63, 3.8) is 0 Å². The monoisotopic (exact) mass is 365 g/mol. The van der Waals surface area contributed by atoms with Crippen LogP contribution in [0.1, 0.15) is 26.3 Å². The van der Waals surface area contributed by atoms with E-state index in [4.69, 9.17) is 4.74 Å². The highest BCUT2D eigenvalue weighted by Crippen LogP contribution is 2.41. The van der Waals surface area contributed by atoms with Crippen molar-refractivity contribution in [1.29, 1.82) is 0 Å². The topological polar surface area (TPSA) is 123 Å². The molecule has 2 heterocycles. The Bertz CT molecular complexity index is 746. The van der Waals surface area contributed by atoms with Gasteiger partial charge in [-0.25, -0.2) is 4.68 Å². The number of aliphatic hydroxyl groups is 1. The number of carbonyl (C=O) groups is 1.